The van der Waals surface area contributed by atoms with Crippen molar-refractivity contribution in [3.05, 3.63) is 29.8 Å². The molecule has 0 aromatic heterocycles. The van der Waals surface area contributed by atoms with Gasteiger partial charge in [0.25, 0.3) is 5.91 Å². The largest absolute Gasteiger partial charge is 0.392 e. The molecule has 4 heteroatoms. The lowest BCUT2D eigenvalue weighted by Gasteiger charge is -2.07. The van der Waals surface area contributed by atoms with Crippen LogP contribution in [0.25, 0.3) is 0 Å². The fourth-order valence-electron chi connectivity index (χ4n) is 1.08. The van der Waals surface area contributed by atoms with Crippen molar-refractivity contribution in [3.63, 3.8) is 0 Å². The third-order valence-electron chi connectivity index (χ3n) is 1.91. The van der Waals surface area contributed by atoms with Crippen molar-refractivity contribution < 1.29 is 9.90 Å². The lowest BCUT2D eigenvalue weighted by molar-refractivity contribution is 0.0924. The summed E-state index contributed by atoms with van der Waals surface area (Å²) in [4.78, 5) is 12.6. The molecule has 2 N–H and O–H groups in total. The van der Waals surface area contributed by atoms with Gasteiger partial charge >= 0.3 is 0 Å². The zero-order chi connectivity index (χ0) is 11.3. The Morgan fingerprint density at radius 3 is 2.53 bits per heavy atom. The highest BCUT2D eigenvalue weighted by Gasteiger charge is 2.05. The average molecular weight is 225 g/mol. The molecule has 15 heavy (non-hydrogen) atoms. The Balaban J connectivity index is 2.58. The minimum atomic E-state index is -0.514. The Morgan fingerprint density at radius 1 is 1.47 bits per heavy atom. The van der Waals surface area contributed by atoms with Crippen molar-refractivity contribution in [2.24, 2.45) is 0 Å². The Hall–Kier alpha value is -1.00. The zero-order valence-corrected chi connectivity index (χ0v) is 9.67. The van der Waals surface area contributed by atoms with Crippen LogP contribution in [0.3, 0.4) is 0 Å². The van der Waals surface area contributed by atoms with Gasteiger partial charge in [-0.05, 0) is 37.4 Å². The molecule has 3 nitrogen and oxygen atoms in total. The van der Waals surface area contributed by atoms with E-state index in [1.807, 2.05) is 18.4 Å². The molecular formula is C11H15NO2S. The maximum absolute atomic E-state index is 11.5. The fourth-order valence-corrected chi connectivity index (χ4v) is 1.49. The summed E-state index contributed by atoms with van der Waals surface area (Å²) >= 11 is 1.64. The molecule has 0 aliphatic rings. The van der Waals surface area contributed by atoms with Gasteiger partial charge in [-0.3, -0.25) is 4.79 Å². The Kier molecular flexibility index (Phi) is 4.65. The quantitative estimate of drug-likeness (QED) is 0.764. The van der Waals surface area contributed by atoms with Crippen molar-refractivity contribution in [1.29, 1.82) is 0 Å². The first kappa shape index (κ1) is 12.1. The molecule has 1 amide bonds. The monoisotopic (exact) mass is 225 g/mol. The van der Waals surface area contributed by atoms with Crippen molar-refractivity contribution in [2.75, 3.05) is 12.8 Å². The molecule has 0 radical (unpaired) electrons. The van der Waals surface area contributed by atoms with Crippen LogP contribution >= 0.6 is 11.8 Å². The highest BCUT2D eigenvalue weighted by molar-refractivity contribution is 7.98. The summed E-state index contributed by atoms with van der Waals surface area (Å²) < 4.78 is 0. The maximum atomic E-state index is 11.5. The molecule has 1 aromatic carbocycles. The predicted octanol–water partition coefficient (Wildman–Crippen LogP) is 1.52. The molecule has 1 rings (SSSR count). The highest BCUT2D eigenvalue weighted by atomic mass is 32.2. The number of carbonyl (C=O) groups is 1. The third-order valence-corrected chi connectivity index (χ3v) is 2.65. The standard InChI is InChI=1S/C11H15NO2S/c1-8(13)7-12-11(14)9-3-5-10(15-2)6-4-9/h3-6,8,13H,7H2,1-2H3,(H,12,14). The summed E-state index contributed by atoms with van der Waals surface area (Å²) in [5.74, 6) is -0.149. The van der Waals surface area contributed by atoms with Crippen LogP contribution in [0.5, 0.6) is 0 Å². The molecule has 0 aliphatic heterocycles. The average Bonchev–Trinajstić information content (AvgIpc) is 2.26. The SMILES string of the molecule is CSc1ccc(C(=O)NCC(C)O)cc1. The molecule has 0 saturated heterocycles. The van der Waals surface area contributed by atoms with Gasteiger partial charge in [0.15, 0.2) is 0 Å². The van der Waals surface area contributed by atoms with E-state index in [1.165, 1.54) is 0 Å². The molecule has 0 heterocycles. The van der Waals surface area contributed by atoms with Crippen LogP contribution in [0.1, 0.15) is 17.3 Å². The van der Waals surface area contributed by atoms with Gasteiger partial charge in [0, 0.05) is 17.0 Å². The van der Waals surface area contributed by atoms with Crippen molar-refractivity contribution in [1.82, 2.24) is 5.32 Å². The summed E-state index contributed by atoms with van der Waals surface area (Å²) in [6.07, 6.45) is 1.47. The lowest BCUT2D eigenvalue weighted by atomic mass is 10.2. The highest BCUT2D eigenvalue weighted by Crippen LogP contribution is 2.14. The van der Waals surface area contributed by atoms with Gasteiger partial charge in [-0.2, -0.15) is 0 Å². The Bertz CT molecular complexity index is 322. The van der Waals surface area contributed by atoms with Gasteiger partial charge in [-0.15, -0.1) is 11.8 Å². The lowest BCUT2D eigenvalue weighted by Crippen LogP contribution is -2.30. The number of amides is 1. The summed E-state index contributed by atoms with van der Waals surface area (Å²) in [7, 11) is 0. The van der Waals surface area contributed by atoms with E-state index in [0.29, 0.717) is 5.56 Å². The Labute approximate surface area is 93.9 Å². The second-order valence-electron chi connectivity index (χ2n) is 3.29. The summed E-state index contributed by atoms with van der Waals surface area (Å²) in [6.45, 7) is 1.92. The molecule has 1 aromatic rings. The first-order valence-electron chi connectivity index (χ1n) is 4.74. The topological polar surface area (TPSA) is 49.3 Å². The van der Waals surface area contributed by atoms with E-state index < -0.39 is 6.10 Å². The number of hydrogen-bond donors (Lipinski definition) is 2. The number of aliphatic hydroxyl groups is 1. The van der Waals surface area contributed by atoms with Crippen LogP contribution in [0.15, 0.2) is 29.2 Å². The molecule has 0 bridgehead atoms. The van der Waals surface area contributed by atoms with Gasteiger partial charge in [0.05, 0.1) is 6.10 Å². The number of aliphatic hydroxyl groups excluding tert-OH is 1. The van der Waals surface area contributed by atoms with Crippen molar-refractivity contribution >= 4 is 17.7 Å². The summed E-state index contributed by atoms with van der Waals surface area (Å²) in [5.41, 5.74) is 0.619. The molecule has 0 aliphatic carbocycles. The van der Waals surface area contributed by atoms with Crippen LogP contribution in [-0.4, -0.2) is 29.9 Å². The molecular weight excluding hydrogens is 210 g/mol. The van der Waals surface area contributed by atoms with Crippen LogP contribution in [0.2, 0.25) is 0 Å². The molecule has 1 atom stereocenters. The number of benzene rings is 1. The van der Waals surface area contributed by atoms with Crippen molar-refractivity contribution in [2.45, 2.75) is 17.9 Å². The van der Waals surface area contributed by atoms with E-state index in [1.54, 1.807) is 30.8 Å². The van der Waals surface area contributed by atoms with Gasteiger partial charge in [0.2, 0.25) is 0 Å². The number of nitrogens with one attached hydrogen (secondary N) is 1. The maximum Gasteiger partial charge on any atom is 0.251 e. The Morgan fingerprint density at radius 2 is 2.07 bits per heavy atom. The summed E-state index contributed by atoms with van der Waals surface area (Å²) in [6, 6.07) is 7.37. The first-order valence-corrected chi connectivity index (χ1v) is 5.96. The molecule has 1 unspecified atom stereocenters. The molecule has 82 valence electrons. The predicted molar refractivity (Wildman–Crippen MR) is 62.2 cm³/mol. The summed E-state index contributed by atoms with van der Waals surface area (Å²) in [5, 5.41) is 11.7. The van der Waals surface area contributed by atoms with Gasteiger partial charge in [0.1, 0.15) is 0 Å². The normalized spacial score (nSPS) is 12.2. The smallest absolute Gasteiger partial charge is 0.251 e. The van der Waals surface area contributed by atoms with E-state index in [2.05, 4.69) is 5.32 Å². The number of rotatable bonds is 4. The minimum Gasteiger partial charge on any atom is -0.392 e. The van der Waals surface area contributed by atoms with E-state index in [0.717, 1.165) is 4.90 Å². The zero-order valence-electron chi connectivity index (χ0n) is 8.86. The van der Waals surface area contributed by atoms with E-state index in [4.69, 9.17) is 5.11 Å². The molecule has 0 spiro atoms. The van der Waals surface area contributed by atoms with Crippen LogP contribution in [-0.2, 0) is 0 Å². The second kappa shape index (κ2) is 5.78. The van der Waals surface area contributed by atoms with Gasteiger partial charge < -0.3 is 10.4 Å². The number of thioether (sulfide) groups is 1. The number of carbonyl (C=O) groups excluding carboxylic acids is 1. The first-order chi connectivity index (χ1) is 7.13. The van der Waals surface area contributed by atoms with E-state index >= 15 is 0 Å². The minimum absolute atomic E-state index is 0.149. The third kappa shape index (κ3) is 3.93. The molecule has 0 saturated carbocycles. The van der Waals surface area contributed by atoms with Crippen LogP contribution in [0, 0.1) is 0 Å². The fraction of sp³-hybridized carbons (Fsp3) is 0.364. The van der Waals surface area contributed by atoms with Crippen LogP contribution in [0.4, 0.5) is 0 Å². The van der Waals surface area contributed by atoms with E-state index in [9.17, 15) is 4.79 Å². The van der Waals surface area contributed by atoms with E-state index in [-0.39, 0.29) is 12.5 Å². The van der Waals surface area contributed by atoms with Crippen LogP contribution < -0.4 is 5.32 Å². The van der Waals surface area contributed by atoms with Crippen molar-refractivity contribution in [3.8, 4) is 0 Å². The number of hydrogen-bond acceptors (Lipinski definition) is 3. The van der Waals surface area contributed by atoms with Gasteiger partial charge in [-0.1, -0.05) is 0 Å². The second-order valence-corrected chi connectivity index (χ2v) is 4.17. The van der Waals surface area contributed by atoms with Gasteiger partial charge in [-0.25, -0.2) is 0 Å². The molecule has 0 fully saturated rings.